The van der Waals surface area contributed by atoms with Crippen molar-refractivity contribution in [3.8, 4) is 0 Å². The van der Waals surface area contributed by atoms with Crippen molar-refractivity contribution in [2.45, 2.75) is 6.42 Å². The summed E-state index contributed by atoms with van der Waals surface area (Å²) in [7, 11) is 0. The monoisotopic (exact) mass is 348 g/mol. The van der Waals surface area contributed by atoms with Gasteiger partial charge in [0.2, 0.25) is 0 Å². The number of ketones is 1. The van der Waals surface area contributed by atoms with E-state index in [0.29, 0.717) is 10.6 Å². The fourth-order valence-electron chi connectivity index (χ4n) is 2.13. The lowest BCUT2D eigenvalue weighted by molar-refractivity contribution is 0.0993. The highest BCUT2D eigenvalue weighted by atomic mass is 79.9. The Balaban J connectivity index is 1.93. The second-order valence-corrected chi connectivity index (χ2v) is 5.80. The van der Waals surface area contributed by atoms with Crippen LogP contribution in [0.3, 0.4) is 0 Å². The molecule has 100 valence electrons. The van der Waals surface area contributed by atoms with Gasteiger partial charge in [-0.15, -0.1) is 0 Å². The average molecular weight is 350 g/mol. The summed E-state index contributed by atoms with van der Waals surface area (Å²) in [6.07, 6.45) is 1.77. The molecule has 4 heteroatoms. The zero-order chi connectivity index (χ0) is 14.1. The van der Waals surface area contributed by atoms with Crippen molar-refractivity contribution in [3.63, 3.8) is 0 Å². The molecule has 20 heavy (non-hydrogen) atoms. The van der Waals surface area contributed by atoms with Crippen molar-refractivity contribution in [3.05, 3.63) is 69.3 Å². The summed E-state index contributed by atoms with van der Waals surface area (Å²) < 4.78 is 6.29. The SMILES string of the molecule is O=C(Cc1ccc(Br)cc1Cl)c1coc2ccccc12. The Hall–Kier alpha value is -1.58. The third-order valence-electron chi connectivity index (χ3n) is 3.15. The molecule has 0 aliphatic carbocycles. The van der Waals surface area contributed by atoms with Crippen LogP contribution >= 0.6 is 27.5 Å². The predicted octanol–water partition coefficient (Wildman–Crippen LogP) is 5.27. The van der Waals surface area contributed by atoms with E-state index in [1.807, 2.05) is 36.4 Å². The summed E-state index contributed by atoms with van der Waals surface area (Å²) >= 11 is 9.50. The first kappa shape index (κ1) is 13.4. The number of carbonyl (C=O) groups is 1. The van der Waals surface area contributed by atoms with E-state index in [2.05, 4.69) is 15.9 Å². The maximum Gasteiger partial charge on any atom is 0.171 e. The molecule has 0 unspecified atom stereocenters. The minimum absolute atomic E-state index is 0.000766. The zero-order valence-corrected chi connectivity index (χ0v) is 12.7. The number of hydrogen-bond acceptors (Lipinski definition) is 2. The van der Waals surface area contributed by atoms with Gasteiger partial charge in [0.05, 0.1) is 5.56 Å². The zero-order valence-electron chi connectivity index (χ0n) is 10.4. The van der Waals surface area contributed by atoms with Gasteiger partial charge in [-0.3, -0.25) is 4.79 Å². The van der Waals surface area contributed by atoms with Gasteiger partial charge in [0.15, 0.2) is 5.78 Å². The van der Waals surface area contributed by atoms with Crippen LogP contribution in [0.25, 0.3) is 11.0 Å². The van der Waals surface area contributed by atoms with Gasteiger partial charge in [-0.25, -0.2) is 0 Å². The number of Topliss-reactive ketones (excluding diaryl/α,β-unsaturated/α-hetero) is 1. The van der Waals surface area contributed by atoms with Crippen LogP contribution in [0.1, 0.15) is 15.9 Å². The molecule has 3 aromatic rings. The standard InChI is InChI=1S/C16H10BrClO2/c17-11-6-5-10(14(18)8-11)7-15(19)13-9-20-16-4-2-1-3-12(13)16/h1-6,8-9H,7H2. The molecule has 0 radical (unpaired) electrons. The van der Waals surface area contributed by atoms with Gasteiger partial charge in [0.25, 0.3) is 0 Å². The van der Waals surface area contributed by atoms with Crippen LogP contribution in [-0.2, 0) is 6.42 Å². The summed E-state index contributed by atoms with van der Waals surface area (Å²) in [4.78, 5) is 12.4. The first-order valence-electron chi connectivity index (χ1n) is 6.08. The summed E-state index contributed by atoms with van der Waals surface area (Å²) in [6, 6.07) is 13.0. The van der Waals surface area contributed by atoms with E-state index in [0.717, 1.165) is 21.0 Å². The van der Waals surface area contributed by atoms with Crippen molar-refractivity contribution >= 4 is 44.3 Å². The van der Waals surface area contributed by atoms with Crippen LogP contribution in [0.2, 0.25) is 5.02 Å². The molecule has 0 amide bonds. The number of rotatable bonds is 3. The average Bonchev–Trinajstić information content (AvgIpc) is 2.86. The van der Waals surface area contributed by atoms with E-state index in [9.17, 15) is 4.79 Å². The van der Waals surface area contributed by atoms with Gasteiger partial charge in [0.1, 0.15) is 11.8 Å². The normalized spacial score (nSPS) is 10.9. The molecule has 0 bridgehead atoms. The second kappa shape index (κ2) is 5.43. The topological polar surface area (TPSA) is 30.2 Å². The maximum atomic E-state index is 12.4. The van der Waals surface area contributed by atoms with Crippen molar-refractivity contribution in [2.24, 2.45) is 0 Å². The Morgan fingerprint density at radius 1 is 1.20 bits per heavy atom. The van der Waals surface area contributed by atoms with Crippen LogP contribution in [0.5, 0.6) is 0 Å². The Morgan fingerprint density at radius 3 is 2.80 bits per heavy atom. The summed E-state index contributed by atoms with van der Waals surface area (Å²) in [5.74, 6) is -0.000766. The molecule has 0 atom stereocenters. The van der Waals surface area contributed by atoms with E-state index in [-0.39, 0.29) is 12.2 Å². The molecule has 0 spiro atoms. The van der Waals surface area contributed by atoms with Crippen molar-refractivity contribution in [2.75, 3.05) is 0 Å². The molecule has 0 aliphatic heterocycles. The molecule has 0 saturated heterocycles. The third kappa shape index (κ3) is 2.51. The number of halogens is 2. The summed E-state index contributed by atoms with van der Waals surface area (Å²) in [5, 5.41) is 1.42. The predicted molar refractivity (Wildman–Crippen MR) is 83.4 cm³/mol. The highest BCUT2D eigenvalue weighted by Gasteiger charge is 2.15. The van der Waals surface area contributed by atoms with Crippen molar-refractivity contribution in [1.82, 2.24) is 0 Å². The first-order chi connectivity index (χ1) is 9.65. The van der Waals surface area contributed by atoms with Gasteiger partial charge in [-0.2, -0.15) is 0 Å². The van der Waals surface area contributed by atoms with E-state index in [1.165, 1.54) is 6.26 Å². The van der Waals surface area contributed by atoms with E-state index >= 15 is 0 Å². The fraction of sp³-hybridized carbons (Fsp3) is 0.0625. The van der Waals surface area contributed by atoms with Crippen molar-refractivity contribution in [1.29, 1.82) is 0 Å². The number of benzene rings is 2. The molecule has 1 aromatic heterocycles. The molecule has 2 aromatic carbocycles. The maximum absolute atomic E-state index is 12.4. The second-order valence-electron chi connectivity index (χ2n) is 4.48. The highest BCUT2D eigenvalue weighted by molar-refractivity contribution is 9.10. The minimum Gasteiger partial charge on any atom is -0.464 e. The third-order valence-corrected chi connectivity index (χ3v) is 3.99. The smallest absolute Gasteiger partial charge is 0.171 e. The molecule has 0 saturated carbocycles. The molecule has 3 rings (SSSR count). The van der Waals surface area contributed by atoms with E-state index in [4.69, 9.17) is 16.0 Å². The Morgan fingerprint density at radius 2 is 2.00 bits per heavy atom. The van der Waals surface area contributed by atoms with Gasteiger partial charge < -0.3 is 4.42 Å². The highest BCUT2D eigenvalue weighted by Crippen LogP contribution is 2.25. The number of carbonyl (C=O) groups excluding carboxylic acids is 1. The molecule has 0 aliphatic rings. The molecular formula is C16H10BrClO2. The number of hydrogen-bond donors (Lipinski definition) is 0. The van der Waals surface area contributed by atoms with Gasteiger partial charge >= 0.3 is 0 Å². The number of furan rings is 1. The Bertz CT molecular complexity index is 792. The summed E-state index contributed by atoms with van der Waals surface area (Å²) in [6.45, 7) is 0. The van der Waals surface area contributed by atoms with E-state index in [1.54, 1.807) is 6.07 Å². The Kier molecular flexibility index (Phi) is 3.64. The minimum atomic E-state index is -0.000766. The van der Waals surface area contributed by atoms with Crippen LogP contribution in [0, 0.1) is 0 Å². The van der Waals surface area contributed by atoms with Crippen LogP contribution in [0.15, 0.2) is 57.6 Å². The molecular weight excluding hydrogens is 340 g/mol. The molecule has 1 heterocycles. The quantitative estimate of drug-likeness (QED) is 0.603. The number of fused-ring (bicyclic) bond motifs is 1. The molecule has 2 nitrogen and oxygen atoms in total. The Labute approximate surface area is 129 Å². The fourth-order valence-corrected chi connectivity index (χ4v) is 2.87. The lowest BCUT2D eigenvalue weighted by Gasteiger charge is -2.03. The molecule has 0 fully saturated rings. The summed E-state index contributed by atoms with van der Waals surface area (Å²) in [5.41, 5.74) is 2.13. The van der Waals surface area contributed by atoms with Crippen molar-refractivity contribution < 1.29 is 9.21 Å². The number of para-hydroxylation sites is 1. The largest absolute Gasteiger partial charge is 0.464 e. The van der Waals surface area contributed by atoms with Crippen LogP contribution in [-0.4, -0.2) is 5.78 Å². The van der Waals surface area contributed by atoms with Crippen LogP contribution in [0.4, 0.5) is 0 Å². The first-order valence-corrected chi connectivity index (χ1v) is 7.25. The van der Waals surface area contributed by atoms with Crippen LogP contribution < -0.4 is 0 Å². The van der Waals surface area contributed by atoms with Gasteiger partial charge in [-0.05, 0) is 23.8 Å². The molecule has 0 N–H and O–H groups in total. The van der Waals surface area contributed by atoms with Gasteiger partial charge in [0, 0.05) is 21.3 Å². The lowest BCUT2D eigenvalue weighted by Crippen LogP contribution is -2.03. The lowest BCUT2D eigenvalue weighted by atomic mass is 10.0. The van der Waals surface area contributed by atoms with E-state index < -0.39 is 0 Å². The van der Waals surface area contributed by atoms with Gasteiger partial charge in [-0.1, -0.05) is 51.8 Å².